The van der Waals surface area contributed by atoms with Crippen LogP contribution in [0.15, 0.2) is 41.3 Å². The van der Waals surface area contributed by atoms with Gasteiger partial charge in [0.05, 0.1) is 18.4 Å². The molecule has 0 aliphatic heterocycles. The molecule has 5 heteroatoms. The van der Waals surface area contributed by atoms with E-state index < -0.39 is 0 Å². The van der Waals surface area contributed by atoms with Gasteiger partial charge in [-0.3, -0.25) is 4.79 Å². The van der Waals surface area contributed by atoms with Crippen molar-refractivity contribution in [1.82, 2.24) is 0 Å². The molecule has 3 nitrogen and oxygen atoms in total. The van der Waals surface area contributed by atoms with Crippen LogP contribution in [0.2, 0.25) is 5.02 Å². The number of anilines is 1. The normalized spacial score (nSPS) is 10.4. The summed E-state index contributed by atoms with van der Waals surface area (Å²) in [6.07, 6.45) is 0. The van der Waals surface area contributed by atoms with Crippen molar-refractivity contribution >= 4 is 35.0 Å². The number of ether oxygens (including phenoxy) is 1. The quantitative estimate of drug-likeness (QED) is 0.779. The minimum atomic E-state index is -0.156. The predicted octanol–water partition coefficient (Wildman–Crippen LogP) is 5.02. The highest BCUT2D eigenvalue weighted by Gasteiger charge is 2.14. The number of halogens is 1. The van der Waals surface area contributed by atoms with Crippen LogP contribution < -0.4 is 10.1 Å². The lowest BCUT2D eigenvalue weighted by molar-refractivity contribution is 0.102. The van der Waals surface area contributed by atoms with Crippen molar-refractivity contribution < 1.29 is 9.53 Å². The molecule has 0 fully saturated rings. The van der Waals surface area contributed by atoms with Crippen LogP contribution >= 0.6 is 23.4 Å². The number of hydrogen-bond donors (Lipinski definition) is 1. The van der Waals surface area contributed by atoms with Crippen molar-refractivity contribution in [1.29, 1.82) is 0 Å². The molecule has 0 saturated heterocycles. The van der Waals surface area contributed by atoms with E-state index in [0.717, 1.165) is 16.2 Å². The van der Waals surface area contributed by atoms with Gasteiger partial charge < -0.3 is 10.1 Å². The van der Waals surface area contributed by atoms with Gasteiger partial charge in [0.15, 0.2) is 0 Å². The number of hydrogen-bond acceptors (Lipinski definition) is 3. The molecule has 0 aliphatic rings. The van der Waals surface area contributed by atoms with Crippen LogP contribution in [0.4, 0.5) is 5.69 Å². The first-order chi connectivity index (χ1) is 10.6. The van der Waals surface area contributed by atoms with E-state index in [9.17, 15) is 4.79 Å². The first-order valence-corrected chi connectivity index (χ1v) is 8.30. The van der Waals surface area contributed by atoms with Crippen LogP contribution in [-0.4, -0.2) is 18.8 Å². The molecule has 0 bridgehead atoms. The van der Waals surface area contributed by atoms with Crippen LogP contribution in [0.5, 0.6) is 5.75 Å². The third-order valence-corrected chi connectivity index (χ3v) is 4.52. The molecule has 22 heavy (non-hydrogen) atoms. The summed E-state index contributed by atoms with van der Waals surface area (Å²) < 4.78 is 5.29. The molecule has 0 unspecified atom stereocenters. The molecule has 0 spiro atoms. The molecule has 0 radical (unpaired) electrons. The average molecular weight is 336 g/mol. The van der Waals surface area contributed by atoms with Crippen LogP contribution in [0.1, 0.15) is 22.8 Å². The number of rotatable bonds is 5. The summed E-state index contributed by atoms with van der Waals surface area (Å²) in [5.74, 6) is 1.30. The molecule has 0 aliphatic carbocycles. The van der Waals surface area contributed by atoms with Gasteiger partial charge in [0.1, 0.15) is 5.75 Å². The van der Waals surface area contributed by atoms with E-state index in [2.05, 4.69) is 12.2 Å². The first kappa shape index (κ1) is 16.7. The lowest BCUT2D eigenvalue weighted by Gasteiger charge is -2.13. The number of nitrogens with one attached hydrogen (secondary N) is 1. The van der Waals surface area contributed by atoms with Gasteiger partial charge in [-0.05, 0) is 36.4 Å². The number of carbonyl (C=O) groups excluding carboxylic acids is 1. The van der Waals surface area contributed by atoms with Crippen molar-refractivity contribution in [3.05, 3.63) is 52.5 Å². The second-order valence-electron chi connectivity index (χ2n) is 4.68. The summed E-state index contributed by atoms with van der Waals surface area (Å²) in [6, 6.07) is 11.1. The van der Waals surface area contributed by atoms with E-state index in [-0.39, 0.29) is 5.91 Å². The van der Waals surface area contributed by atoms with E-state index in [1.165, 1.54) is 0 Å². The summed E-state index contributed by atoms with van der Waals surface area (Å²) in [6.45, 7) is 3.95. The number of methoxy groups -OCH3 is 1. The highest BCUT2D eigenvalue weighted by molar-refractivity contribution is 7.99. The molecular weight excluding hydrogens is 318 g/mol. The third kappa shape index (κ3) is 3.76. The number of benzene rings is 2. The van der Waals surface area contributed by atoms with Crippen molar-refractivity contribution in [3.8, 4) is 5.75 Å². The summed E-state index contributed by atoms with van der Waals surface area (Å²) >= 11 is 7.73. The van der Waals surface area contributed by atoms with Gasteiger partial charge in [0.25, 0.3) is 5.91 Å². The summed E-state index contributed by atoms with van der Waals surface area (Å²) in [5, 5.41) is 3.52. The zero-order valence-electron chi connectivity index (χ0n) is 12.8. The third-order valence-electron chi connectivity index (χ3n) is 3.16. The molecule has 0 saturated carbocycles. The van der Waals surface area contributed by atoms with Gasteiger partial charge in [0.2, 0.25) is 0 Å². The Hall–Kier alpha value is -1.65. The minimum absolute atomic E-state index is 0.156. The van der Waals surface area contributed by atoms with Crippen LogP contribution in [-0.2, 0) is 0 Å². The molecule has 2 aromatic carbocycles. The topological polar surface area (TPSA) is 38.3 Å². The van der Waals surface area contributed by atoms with E-state index in [4.69, 9.17) is 16.3 Å². The number of carbonyl (C=O) groups is 1. The first-order valence-electron chi connectivity index (χ1n) is 6.94. The number of amides is 1. The fraction of sp³-hybridized carbons (Fsp3) is 0.235. The van der Waals surface area contributed by atoms with Gasteiger partial charge in [-0.1, -0.05) is 30.7 Å². The molecule has 1 amide bonds. The van der Waals surface area contributed by atoms with Crippen LogP contribution in [0.25, 0.3) is 0 Å². The molecular formula is C17H18ClNO2S. The van der Waals surface area contributed by atoms with Gasteiger partial charge in [-0.2, -0.15) is 0 Å². The minimum Gasteiger partial charge on any atom is -0.495 e. The van der Waals surface area contributed by atoms with E-state index in [1.54, 1.807) is 24.9 Å². The van der Waals surface area contributed by atoms with Crippen molar-refractivity contribution in [2.45, 2.75) is 18.7 Å². The molecule has 2 rings (SSSR count). The van der Waals surface area contributed by atoms with Crippen LogP contribution in [0.3, 0.4) is 0 Å². The van der Waals surface area contributed by atoms with Crippen molar-refractivity contribution in [2.75, 3.05) is 18.2 Å². The Bertz CT molecular complexity index is 688. The molecule has 0 heterocycles. The Morgan fingerprint density at radius 2 is 2.05 bits per heavy atom. The smallest absolute Gasteiger partial charge is 0.256 e. The van der Waals surface area contributed by atoms with Crippen molar-refractivity contribution in [3.63, 3.8) is 0 Å². The summed E-state index contributed by atoms with van der Waals surface area (Å²) in [7, 11) is 1.55. The Morgan fingerprint density at radius 3 is 2.73 bits per heavy atom. The highest BCUT2D eigenvalue weighted by atomic mass is 35.5. The Morgan fingerprint density at radius 1 is 1.32 bits per heavy atom. The lowest BCUT2D eigenvalue weighted by atomic mass is 10.1. The maximum Gasteiger partial charge on any atom is 0.256 e. The van der Waals surface area contributed by atoms with E-state index in [0.29, 0.717) is 22.0 Å². The fourth-order valence-corrected chi connectivity index (χ4v) is 3.01. The summed E-state index contributed by atoms with van der Waals surface area (Å²) in [4.78, 5) is 13.5. The van der Waals surface area contributed by atoms with Crippen LogP contribution in [0, 0.1) is 6.92 Å². The zero-order chi connectivity index (χ0) is 16.1. The second kappa shape index (κ2) is 7.56. The summed E-state index contributed by atoms with van der Waals surface area (Å²) in [5.41, 5.74) is 2.16. The van der Waals surface area contributed by atoms with Gasteiger partial charge in [0, 0.05) is 16.0 Å². The largest absolute Gasteiger partial charge is 0.495 e. The van der Waals surface area contributed by atoms with E-state index >= 15 is 0 Å². The van der Waals surface area contributed by atoms with E-state index in [1.807, 2.05) is 37.3 Å². The zero-order valence-corrected chi connectivity index (χ0v) is 14.3. The van der Waals surface area contributed by atoms with Gasteiger partial charge in [-0.15, -0.1) is 11.8 Å². The second-order valence-corrected chi connectivity index (χ2v) is 6.40. The fourth-order valence-electron chi connectivity index (χ4n) is 2.06. The Labute approximate surface area is 140 Å². The maximum atomic E-state index is 12.6. The predicted molar refractivity (Wildman–Crippen MR) is 93.5 cm³/mol. The lowest BCUT2D eigenvalue weighted by Crippen LogP contribution is -2.14. The average Bonchev–Trinajstić information content (AvgIpc) is 2.51. The number of thioether (sulfide) groups is 1. The number of aryl methyl sites for hydroxylation is 1. The SMILES string of the molecule is CCSc1ccccc1C(=O)Nc1cc(C)c(Cl)cc1OC. The van der Waals surface area contributed by atoms with Crippen molar-refractivity contribution in [2.24, 2.45) is 0 Å². The monoisotopic (exact) mass is 335 g/mol. The highest BCUT2D eigenvalue weighted by Crippen LogP contribution is 2.32. The molecule has 0 aromatic heterocycles. The standard InChI is InChI=1S/C17H18ClNO2S/c1-4-22-16-8-6-5-7-12(16)17(20)19-14-9-11(2)13(18)10-15(14)21-3/h5-10H,4H2,1-3H3,(H,19,20). The Kier molecular flexibility index (Phi) is 5.75. The Balaban J connectivity index is 2.31. The molecule has 0 atom stereocenters. The maximum absolute atomic E-state index is 12.6. The van der Waals surface area contributed by atoms with Gasteiger partial charge in [-0.25, -0.2) is 0 Å². The molecule has 1 N–H and O–H groups in total. The molecule has 2 aromatic rings. The molecule has 116 valence electrons. The van der Waals surface area contributed by atoms with Gasteiger partial charge >= 0.3 is 0 Å².